The van der Waals surface area contributed by atoms with Gasteiger partial charge in [0.15, 0.2) is 0 Å². The van der Waals surface area contributed by atoms with E-state index in [4.69, 9.17) is 0 Å². The highest BCUT2D eigenvalue weighted by molar-refractivity contribution is 9.10. The SMILES string of the molecule is CNCC1CCCCCC1Cc1c(Br)c(C)nn1C. The fourth-order valence-electron chi connectivity index (χ4n) is 3.41. The van der Waals surface area contributed by atoms with Crippen LogP contribution in [0.3, 0.4) is 0 Å². The molecule has 1 fully saturated rings. The van der Waals surface area contributed by atoms with Crippen LogP contribution in [0, 0.1) is 18.8 Å². The summed E-state index contributed by atoms with van der Waals surface area (Å²) in [6.07, 6.45) is 8.09. The topological polar surface area (TPSA) is 29.9 Å². The van der Waals surface area contributed by atoms with E-state index in [1.54, 1.807) is 0 Å². The molecule has 1 aromatic heterocycles. The van der Waals surface area contributed by atoms with Crippen molar-refractivity contribution >= 4 is 15.9 Å². The molecule has 2 rings (SSSR count). The first-order valence-electron chi connectivity index (χ1n) is 7.46. The zero-order chi connectivity index (χ0) is 13.8. The van der Waals surface area contributed by atoms with Gasteiger partial charge in [-0.3, -0.25) is 4.68 Å². The number of hydrogen-bond acceptors (Lipinski definition) is 2. The van der Waals surface area contributed by atoms with E-state index in [0.717, 1.165) is 30.5 Å². The van der Waals surface area contributed by atoms with E-state index >= 15 is 0 Å². The number of rotatable bonds is 4. The van der Waals surface area contributed by atoms with Crippen molar-refractivity contribution in [3.05, 3.63) is 15.9 Å². The van der Waals surface area contributed by atoms with Crippen molar-refractivity contribution in [1.82, 2.24) is 15.1 Å². The lowest BCUT2D eigenvalue weighted by Gasteiger charge is -2.25. The number of hydrogen-bond donors (Lipinski definition) is 1. The predicted molar refractivity (Wildman–Crippen MR) is 83.3 cm³/mol. The summed E-state index contributed by atoms with van der Waals surface area (Å²) in [6.45, 7) is 3.23. The number of nitrogens with zero attached hydrogens (tertiary/aromatic N) is 2. The lowest BCUT2D eigenvalue weighted by atomic mass is 9.84. The number of nitrogens with one attached hydrogen (secondary N) is 1. The third-order valence-electron chi connectivity index (χ3n) is 4.50. The summed E-state index contributed by atoms with van der Waals surface area (Å²) in [5.74, 6) is 1.61. The van der Waals surface area contributed by atoms with Crippen LogP contribution in [-0.2, 0) is 13.5 Å². The maximum absolute atomic E-state index is 4.52. The fraction of sp³-hybridized carbons (Fsp3) is 0.800. The molecule has 0 spiro atoms. The summed E-state index contributed by atoms with van der Waals surface area (Å²) in [5.41, 5.74) is 2.47. The molecule has 2 atom stereocenters. The molecule has 4 heteroatoms. The van der Waals surface area contributed by atoms with Crippen molar-refractivity contribution in [3.63, 3.8) is 0 Å². The van der Waals surface area contributed by atoms with Crippen LogP contribution >= 0.6 is 15.9 Å². The molecular formula is C15H26BrN3. The van der Waals surface area contributed by atoms with Crippen LogP contribution in [0.4, 0.5) is 0 Å². The van der Waals surface area contributed by atoms with Gasteiger partial charge in [-0.2, -0.15) is 5.10 Å². The molecule has 3 nitrogen and oxygen atoms in total. The van der Waals surface area contributed by atoms with Gasteiger partial charge in [0.2, 0.25) is 0 Å². The Hall–Kier alpha value is -0.350. The normalized spacial score (nSPS) is 24.4. The third-order valence-corrected chi connectivity index (χ3v) is 5.53. The van der Waals surface area contributed by atoms with Gasteiger partial charge < -0.3 is 5.32 Å². The molecule has 1 aromatic rings. The number of aryl methyl sites for hydroxylation is 2. The smallest absolute Gasteiger partial charge is 0.0738 e. The van der Waals surface area contributed by atoms with Crippen LogP contribution in [0.15, 0.2) is 4.47 Å². The van der Waals surface area contributed by atoms with Crippen molar-refractivity contribution in [1.29, 1.82) is 0 Å². The summed E-state index contributed by atoms with van der Waals surface area (Å²) < 4.78 is 3.27. The lowest BCUT2D eigenvalue weighted by molar-refractivity contribution is 0.299. The fourth-order valence-corrected chi connectivity index (χ4v) is 3.91. The van der Waals surface area contributed by atoms with Gasteiger partial charge in [0.1, 0.15) is 0 Å². The van der Waals surface area contributed by atoms with Crippen LogP contribution in [0.25, 0.3) is 0 Å². The maximum Gasteiger partial charge on any atom is 0.0738 e. The third kappa shape index (κ3) is 3.60. The molecule has 2 unspecified atom stereocenters. The second kappa shape index (κ2) is 6.89. The molecule has 19 heavy (non-hydrogen) atoms. The van der Waals surface area contributed by atoms with Gasteiger partial charge in [-0.05, 0) is 67.5 Å². The molecule has 1 aliphatic carbocycles. The molecule has 0 bridgehead atoms. The molecule has 0 radical (unpaired) electrons. The first kappa shape index (κ1) is 15.0. The summed E-state index contributed by atoms with van der Waals surface area (Å²) in [6, 6.07) is 0. The van der Waals surface area contributed by atoms with Crippen LogP contribution < -0.4 is 5.32 Å². The van der Waals surface area contributed by atoms with E-state index in [1.807, 2.05) is 0 Å². The highest BCUT2D eigenvalue weighted by Gasteiger charge is 2.25. The lowest BCUT2D eigenvalue weighted by Crippen LogP contribution is -2.27. The van der Waals surface area contributed by atoms with Gasteiger partial charge in [-0.15, -0.1) is 0 Å². The van der Waals surface area contributed by atoms with Gasteiger partial charge in [0, 0.05) is 7.05 Å². The second-order valence-electron chi connectivity index (χ2n) is 5.89. The predicted octanol–water partition coefficient (Wildman–Crippen LogP) is 3.45. The van der Waals surface area contributed by atoms with Crippen molar-refractivity contribution in [2.24, 2.45) is 18.9 Å². The minimum Gasteiger partial charge on any atom is -0.319 e. The monoisotopic (exact) mass is 327 g/mol. The summed E-state index contributed by atoms with van der Waals surface area (Å²) in [5, 5.41) is 7.91. The summed E-state index contributed by atoms with van der Waals surface area (Å²) >= 11 is 3.71. The molecule has 0 aromatic carbocycles. The Morgan fingerprint density at radius 1 is 1.26 bits per heavy atom. The van der Waals surface area contributed by atoms with E-state index in [2.05, 4.69) is 52.0 Å². The molecule has 1 heterocycles. The molecule has 1 saturated carbocycles. The first-order chi connectivity index (χ1) is 9.13. The van der Waals surface area contributed by atoms with E-state index < -0.39 is 0 Å². The van der Waals surface area contributed by atoms with Crippen LogP contribution in [0.2, 0.25) is 0 Å². The van der Waals surface area contributed by atoms with Crippen LogP contribution in [-0.4, -0.2) is 23.4 Å². The number of aromatic nitrogens is 2. The average Bonchev–Trinajstić information content (AvgIpc) is 2.58. The van der Waals surface area contributed by atoms with Gasteiger partial charge >= 0.3 is 0 Å². The molecule has 108 valence electrons. The van der Waals surface area contributed by atoms with Crippen molar-refractivity contribution in [3.8, 4) is 0 Å². The van der Waals surface area contributed by atoms with E-state index in [-0.39, 0.29) is 0 Å². The average molecular weight is 328 g/mol. The van der Waals surface area contributed by atoms with Gasteiger partial charge in [-0.1, -0.05) is 19.3 Å². The largest absolute Gasteiger partial charge is 0.319 e. The first-order valence-corrected chi connectivity index (χ1v) is 8.25. The zero-order valence-corrected chi connectivity index (χ0v) is 14.0. The van der Waals surface area contributed by atoms with Gasteiger partial charge in [0.05, 0.1) is 15.9 Å². The standard InChI is InChI=1S/C15H26BrN3/c1-11-15(16)14(19(3)18-11)9-12-7-5-4-6-8-13(12)10-17-2/h12-13,17H,4-10H2,1-3H3. The van der Waals surface area contributed by atoms with Gasteiger partial charge in [0.25, 0.3) is 0 Å². The Labute approximate surface area is 125 Å². The Balaban J connectivity index is 2.13. The molecular weight excluding hydrogens is 302 g/mol. The van der Waals surface area contributed by atoms with Crippen molar-refractivity contribution in [2.75, 3.05) is 13.6 Å². The highest BCUT2D eigenvalue weighted by Crippen LogP contribution is 2.33. The maximum atomic E-state index is 4.52. The minimum atomic E-state index is 0.793. The summed E-state index contributed by atoms with van der Waals surface area (Å²) in [7, 11) is 4.14. The highest BCUT2D eigenvalue weighted by atomic mass is 79.9. The molecule has 1 aliphatic rings. The molecule has 0 amide bonds. The van der Waals surface area contributed by atoms with E-state index in [9.17, 15) is 0 Å². The Bertz CT molecular complexity index is 414. The second-order valence-corrected chi connectivity index (χ2v) is 6.68. The minimum absolute atomic E-state index is 0.793. The van der Waals surface area contributed by atoms with Crippen LogP contribution in [0.1, 0.15) is 43.5 Å². The zero-order valence-electron chi connectivity index (χ0n) is 12.4. The number of halogens is 1. The Kier molecular flexibility index (Phi) is 5.46. The van der Waals surface area contributed by atoms with Crippen molar-refractivity contribution in [2.45, 2.75) is 45.4 Å². The molecule has 1 N–H and O–H groups in total. The van der Waals surface area contributed by atoms with E-state index in [0.29, 0.717) is 0 Å². The Morgan fingerprint density at radius 3 is 2.53 bits per heavy atom. The van der Waals surface area contributed by atoms with Gasteiger partial charge in [-0.25, -0.2) is 0 Å². The quantitative estimate of drug-likeness (QED) is 0.858. The molecule has 0 saturated heterocycles. The Morgan fingerprint density at radius 2 is 1.95 bits per heavy atom. The van der Waals surface area contributed by atoms with Crippen molar-refractivity contribution < 1.29 is 0 Å². The van der Waals surface area contributed by atoms with E-state index in [1.165, 1.54) is 42.3 Å². The molecule has 0 aliphatic heterocycles. The van der Waals surface area contributed by atoms with Crippen LogP contribution in [0.5, 0.6) is 0 Å². The summed E-state index contributed by atoms with van der Waals surface area (Å²) in [4.78, 5) is 0.